The van der Waals surface area contributed by atoms with Crippen molar-refractivity contribution in [3.8, 4) is 0 Å². The zero-order valence-corrected chi connectivity index (χ0v) is 10.3. The van der Waals surface area contributed by atoms with Crippen molar-refractivity contribution in [3.63, 3.8) is 0 Å². The molecule has 0 rings (SSSR count). The van der Waals surface area contributed by atoms with Gasteiger partial charge in [-0.05, 0) is 32.1 Å². The fourth-order valence-corrected chi connectivity index (χ4v) is 1.97. The number of ether oxygens (including phenoxy) is 1. The standard InChI is InChI=1S/C12H26O2/c1-6-12(7-2,14-8-3)11(13)9-10(4)5/h10-11,13H,6-9H2,1-5H3. The van der Waals surface area contributed by atoms with Crippen LogP contribution in [0.3, 0.4) is 0 Å². The third-order valence-corrected chi connectivity index (χ3v) is 2.93. The van der Waals surface area contributed by atoms with Crippen LogP contribution < -0.4 is 0 Å². The molecule has 0 aromatic heterocycles. The molecule has 2 heteroatoms. The van der Waals surface area contributed by atoms with Crippen molar-refractivity contribution in [2.24, 2.45) is 5.92 Å². The lowest BCUT2D eigenvalue weighted by atomic mass is 9.85. The molecule has 0 aromatic rings. The maximum atomic E-state index is 10.1. The van der Waals surface area contributed by atoms with Crippen LogP contribution in [0.4, 0.5) is 0 Å². The molecule has 0 saturated heterocycles. The molecule has 2 nitrogen and oxygen atoms in total. The third-order valence-electron chi connectivity index (χ3n) is 2.93. The summed E-state index contributed by atoms with van der Waals surface area (Å²) in [5.74, 6) is 0.517. The van der Waals surface area contributed by atoms with Crippen LogP contribution in [-0.2, 0) is 4.74 Å². The molecular weight excluding hydrogens is 176 g/mol. The Kier molecular flexibility index (Phi) is 6.38. The first kappa shape index (κ1) is 13.9. The fourth-order valence-electron chi connectivity index (χ4n) is 1.97. The van der Waals surface area contributed by atoms with Gasteiger partial charge in [0.05, 0.1) is 11.7 Å². The third kappa shape index (κ3) is 3.58. The Morgan fingerprint density at radius 2 is 1.64 bits per heavy atom. The second kappa shape index (κ2) is 6.41. The molecule has 0 saturated carbocycles. The normalized spacial score (nSPS) is 14.8. The van der Waals surface area contributed by atoms with Crippen molar-refractivity contribution in [3.05, 3.63) is 0 Å². The smallest absolute Gasteiger partial charge is 0.0934 e. The van der Waals surface area contributed by atoms with Gasteiger partial charge in [-0.2, -0.15) is 0 Å². The van der Waals surface area contributed by atoms with E-state index in [0.717, 1.165) is 19.3 Å². The van der Waals surface area contributed by atoms with E-state index >= 15 is 0 Å². The van der Waals surface area contributed by atoms with E-state index in [-0.39, 0.29) is 11.7 Å². The summed E-state index contributed by atoms with van der Waals surface area (Å²) in [5.41, 5.74) is -0.320. The summed E-state index contributed by atoms with van der Waals surface area (Å²) < 4.78 is 5.74. The van der Waals surface area contributed by atoms with Gasteiger partial charge in [0, 0.05) is 6.61 Å². The Hall–Kier alpha value is -0.0800. The molecule has 0 radical (unpaired) electrons. The number of aliphatic hydroxyl groups is 1. The molecule has 1 atom stereocenters. The van der Waals surface area contributed by atoms with Gasteiger partial charge in [0.15, 0.2) is 0 Å². The minimum absolute atomic E-state index is 0.320. The predicted octanol–water partition coefficient (Wildman–Crippen LogP) is 2.99. The summed E-state index contributed by atoms with van der Waals surface area (Å²) >= 11 is 0. The van der Waals surface area contributed by atoms with E-state index in [2.05, 4.69) is 27.7 Å². The van der Waals surface area contributed by atoms with Crippen molar-refractivity contribution >= 4 is 0 Å². The highest BCUT2D eigenvalue weighted by atomic mass is 16.5. The number of hydrogen-bond donors (Lipinski definition) is 1. The van der Waals surface area contributed by atoms with Gasteiger partial charge in [-0.3, -0.25) is 0 Å². The van der Waals surface area contributed by atoms with Gasteiger partial charge in [0.1, 0.15) is 0 Å². The van der Waals surface area contributed by atoms with E-state index in [1.807, 2.05) is 6.92 Å². The van der Waals surface area contributed by atoms with E-state index in [1.165, 1.54) is 0 Å². The molecule has 0 bridgehead atoms. The Bertz CT molecular complexity index is 139. The maximum absolute atomic E-state index is 10.1. The number of rotatable bonds is 7. The molecule has 1 N–H and O–H groups in total. The van der Waals surface area contributed by atoms with Crippen LogP contribution in [0.1, 0.15) is 53.9 Å². The van der Waals surface area contributed by atoms with Crippen LogP contribution in [0.25, 0.3) is 0 Å². The number of hydrogen-bond acceptors (Lipinski definition) is 2. The van der Waals surface area contributed by atoms with E-state index in [1.54, 1.807) is 0 Å². The van der Waals surface area contributed by atoms with Crippen LogP contribution in [0.2, 0.25) is 0 Å². The van der Waals surface area contributed by atoms with Crippen molar-refractivity contribution < 1.29 is 9.84 Å². The molecular formula is C12H26O2. The molecule has 0 amide bonds. The van der Waals surface area contributed by atoms with E-state index in [4.69, 9.17) is 4.74 Å². The Morgan fingerprint density at radius 1 is 1.14 bits per heavy atom. The molecule has 86 valence electrons. The van der Waals surface area contributed by atoms with Crippen molar-refractivity contribution in [2.45, 2.75) is 65.6 Å². The second-order valence-corrected chi connectivity index (χ2v) is 4.35. The Balaban J connectivity index is 4.43. The summed E-state index contributed by atoms with van der Waals surface area (Å²) in [6, 6.07) is 0. The number of aliphatic hydroxyl groups excluding tert-OH is 1. The van der Waals surface area contributed by atoms with Crippen LogP contribution >= 0.6 is 0 Å². The highest BCUT2D eigenvalue weighted by molar-refractivity contribution is 4.86. The molecule has 1 unspecified atom stereocenters. The largest absolute Gasteiger partial charge is 0.390 e. The van der Waals surface area contributed by atoms with Crippen molar-refractivity contribution in [1.29, 1.82) is 0 Å². The van der Waals surface area contributed by atoms with Crippen LogP contribution in [-0.4, -0.2) is 23.4 Å². The van der Waals surface area contributed by atoms with E-state index < -0.39 is 0 Å². The highest BCUT2D eigenvalue weighted by Crippen LogP contribution is 2.28. The molecule has 0 fully saturated rings. The lowest BCUT2D eigenvalue weighted by molar-refractivity contribution is -0.130. The van der Waals surface area contributed by atoms with Crippen molar-refractivity contribution in [2.75, 3.05) is 6.61 Å². The summed E-state index contributed by atoms with van der Waals surface area (Å²) in [4.78, 5) is 0. The zero-order valence-electron chi connectivity index (χ0n) is 10.3. The summed E-state index contributed by atoms with van der Waals surface area (Å²) in [6.07, 6.45) is 2.25. The van der Waals surface area contributed by atoms with E-state index in [0.29, 0.717) is 12.5 Å². The van der Waals surface area contributed by atoms with E-state index in [9.17, 15) is 5.11 Å². The zero-order chi connectivity index (χ0) is 11.2. The highest BCUT2D eigenvalue weighted by Gasteiger charge is 2.35. The first-order chi connectivity index (χ1) is 6.52. The minimum Gasteiger partial charge on any atom is -0.390 e. The van der Waals surface area contributed by atoms with Gasteiger partial charge < -0.3 is 9.84 Å². The molecule has 14 heavy (non-hydrogen) atoms. The average Bonchev–Trinajstić information content (AvgIpc) is 2.13. The van der Waals surface area contributed by atoms with Crippen LogP contribution in [0, 0.1) is 5.92 Å². The predicted molar refractivity (Wildman–Crippen MR) is 60.4 cm³/mol. The topological polar surface area (TPSA) is 29.5 Å². The molecule has 0 aromatic carbocycles. The summed E-state index contributed by atoms with van der Waals surface area (Å²) in [5, 5.41) is 10.1. The molecule has 0 heterocycles. The first-order valence-electron chi connectivity index (χ1n) is 5.84. The van der Waals surface area contributed by atoms with Gasteiger partial charge in [0.25, 0.3) is 0 Å². The Labute approximate surface area is 88.7 Å². The summed E-state index contributed by atoms with van der Waals surface area (Å²) in [7, 11) is 0. The quantitative estimate of drug-likeness (QED) is 0.687. The molecule has 0 aliphatic rings. The SMILES string of the molecule is CCOC(CC)(CC)C(O)CC(C)C. The van der Waals surface area contributed by atoms with Gasteiger partial charge >= 0.3 is 0 Å². The van der Waals surface area contributed by atoms with Crippen LogP contribution in [0.15, 0.2) is 0 Å². The lowest BCUT2D eigenvalue weighted by Gasteiger charge is -2.37. The van der Waals surface area contributed by atoms with Crippen LogP contribution in [0.5, 0.6) is 0 Å². The fraction of sp³-hybridized carbons (Fsp3) is 1.00. The Morgan fingerprint density at radius 3 is 1.93 bits per heavy atom. The summed E-state index contributed by atoms with van der Waals surface area (Å²) in [6.45, 7) is 11.1. The first-order valence-corrected chi connectivity index (χ1v) is 5.84. The van der Waals surface area contributed by atoms with Gasteiger partial charge in [-0.25, -0.2) is 0 Å². The average molecular weight is 202 g/mol. The van der Waals surface area contributed by atoms with Gasteiger partial charge in [-0.1, -0.05) is 27.7 Å². The van der Waals surface area contributed by atoms with Gasteiger partial charge in [0.2, 0.25) is 0 Å². The molecule has 0 spiro atoms. The maximum Gasteiger partial charge on any atom is 0.0934 e. The van der Waals surface area contributed by atoms with Gasteiger partial charge in [-0.15, -0.1) is 0 Å². The lowest BCUT2D eigenvalue weighted by Crippen LogP contribution is -2.44. The molecule has 0 aliphatic heterocycles. The molecule has 0 aliphatic carbocycles. The minimum atomic E-state index is -0.336. The van der Waals surface area contributed by atoms with Crippen molar-refractivity contribution in [1.82, 2.24) is 0 Å². The monoisotopic (exact) mass is 202 g/mol. The second-order valence-electron chi connectivity index (χ2n) is 4.35.